The Kier molecular flexibility index (Phi) is 703. The molecule has 0 aromatic carbocycles. The van der Waals surface area contributed by atoms with E-state index in [1.807, 2.05) is 69.2 Å². The third kappa shape index (κ3) is 2800. The molecule has 0 aliphatic rings. The summed E-state index contributed by atoms with van der Waals surface area (Å²) >= 11 is 0. The molecule has 0 saturated heterocycles. The largest absolute Gasteiger partial charge is 0.106 e. The van der Waals surface area contributed by atoms with E-state index < -0.39 is 0 Å². The molecule has 0 heteroatoms. The Balaban J connectivity index is -0.0000000142. The van der Waals surface area contributed by atoms with E-state index in [1.165, 1.54) is 19.3 Å². The Labute approximate surface area is 156 Å². The van der Waals surface area contributed by atoms with Gasteiger partial charge in [-0.05, 0) is 5.92 Å². The zero-order valence-corrected chi connectivity index (χ0v) is 21.1. The van der Waals surface area contributed by atoms with E-state index in [1.54, 1.807) is 0 Å². The highest BCUT2D eigenvalue weighted by Crippen LogP contribution is 1.93. The lowest BCUT2D eigenvalue weighted by Gasteiger charge is -1.90. The van der Waals surface area contributed by atoms with Gasteiger partial charge < -0.3 is 0 Å². The van der Waals surface area contributed by atoms with E-state index in [-0.39, 0.29) is 0 Å². The van der Waals surface area contributed by atoms with Gasteiger partial charge in [0.15, 0.2) is 0 Å². The van der Waals surface area contributed by atoms with Crippen LogP contribution in [0.2, 0.25) is 0 Å². The van der Waals surface area contributed by atoms with Crippen molar-refractivity contribution in [2.75, 3.05) is 0 Å². The molecule has 0 amide bonds. The summed E-state index contributed by atoms with van der Waals surface area (Å²) in [6, 6.07) is 0. The summed E-state index contributed by atoms with van der Waals surface area (Å²) in [7, 11) is 0. The topological polar surface area (TPSA) is 0 Å². The third-order valence-electron chi connectivity index (χ3n) is 0.816. The molecule has 0 nitrogen and oxygen atoms in total. The van der Waals surface area contributed by atoms with Crippen molar-refractivity contribution in [3.05, 3.63) is 13.2 Å². The first-order valence-electron chi connectivity index (χ1n) is 10.6. The summed E-state index contributed by atoms with van der Waals surface area (Å²) in [5.41, 5.74) is 0. The highest BCUT2D eigenvalue weighted by atomic mass is 13.9. The third-order valence-corrected chi connectivity index (χ3v) is 0.816. The Morgan fingerprint density at radius 3 is 0.522 bits per heavy atom. The van der Waals surface area contributed by atoms with Gasteiger partial charge in [0.1, 0.15) is 0 Å². The average Bonchev–Trinajstić information content (AvgIpc) is 2.66. The fourth-order valence-electron chi connectivity index (χ4n) is 0. The lowest BCUT2D eigenvalue weighted by atomic mass is 10.2. The Morgan fingerprint density at radius 1 is 0.478 bits per heavy atom. The van der Waals surface area contributed by atoms with Crippen LogP contribution in [0, 0.1) is 5.92 Å². The van der Waals surface area contributed by atoms with E-state index in [0.717, 1.165) is 5.92 Å². The van der Waals surface area contributed by atoms with Crippen LogP contribution >= 0.6 is 0 Å². The maximum atomic E-state index is 3.00. The maximum absolute atomic E-state index is 3.00. The minimum Gasteiger partial charge on any atom is -0.106 e. The predicted octanol–water partition coefficient (Wildman–Crippen LogP) is 10.8. The first-order chi connectivity index (χ1) is 11.1. The lowest BCUT2D eigenvalue weighted by Crippen LogP contribution is -1.77. The average molecular weight is 339 g/mol. The standard InChI is InChI=1S/C5H12.2C3H8.5C2H6.C2H4/c1-4-5(2)3;2*1-3-2;6*1-2/h5H,4H2,1-3H3;2*3H2,1-2H3;5*1-2H3;1-2H2. The molecule has 0 aromatic heterocycles. The molecule has 0 heterocycles. The second-order valence-electron chi connectivity index (χ2n) is 3.22. The molecule has 0 aromatic rings. The second-order valence-corrected chi connectivity index (χ2v) is 3.22. The lowest BCUT2D eigenvalue weighted by molar-refractivity contribution is 0.626. The molecular weight excluding hydrogens is 276 g/mol. The van der Waals surface area contributed by atoms with Crippen molar-refractivity contribution in [1.29, 1.82) is 0 Å². The molecule has 0 unspecified atom stereocenters. The van der Waals surface area contributed by atoms with E-state index >= 15 is 0 Å². The highest BCUT2D eigenvalue weighted by molar-refractivity contribution is 4.32. The van der Waals surface area contributed by atoms with Crippen LogP contribution in [0.25, 0.3) is 0 Å². The molecule has 0 atom stereocenters. The summed E-state index contributed by atoms with van der Waals surface area (Å²) in [4.78, 5) is 0. The van der Waals surface area contributed by atoms with Crippen LogP contribution in [0.3, 0.4) is 0 Å². The van der Waals surface area contributed by atoms with Gasteiger partial charge in [0.25, 0.3) is 0 Å². The van der Waals surface area contributed by atoms with E-state index in [4.69, 9.17) is 0 Å². The first kappa shape index (κ1) is 56.9. The quantitative estimate of drug-likeness (QED) is 0.417. The van der Waals surface area contributed by atoms with E-state index in [0.29, 0.717) is 0 Å². The number of hydrogen-bond donors (Lipinski definition) is 0. The van der Waals surface area contributed by atoms with Crippen LogP contribution in [-0.4, -0.2) is 0 Å². The molecule has 154 valence electrons. The van der Waals surface area contributed by atoms with E-state index in [9.17, 15) is 0 Å². The summed E-state index contributed by atoms with van der Waals surface area (Å²) in [6.45, 7) is 41.1. The monoisotopic (exact) mass is 338 g/mol. The van der Waals surface area contributed by atoms with Crippen LogP contribution in [0.4, 0.5) is 0 Å². The minimum atomic E-state index is 0.884. The summed E-state index contributed by atoms with van der Waals surface area (Å²) < 4.78 is 0. The summed E-state index contributed by atoms with van der Waals surface area (Å²) in [6.07, 6.45) is 3.81. The molecule has 0 fully saturated rings. The molecule has 23 heavy (non-hydrogen) atoms. The van der Waals surface area contributed by atoms with Crippen LogP contribution in [-0.2, 0) is 0 Å². The smallest absolute Gasteiger partial charge is 0.0474 e. The van der Waals surface area contributed by atoms with Crippen molar-refractivity contribution in [2.24, 2.45) is 5.92 Å². The Morgan fingerprint density at radius 2 is 0.522 bits per heavy atom. The van der Waals surface area contributed by atoms with Crippen molar-refractivity contribution >= 4 is 0 Å². The molecule has 0 bridgehead atoms. The van der Waals surface area contributed by atoms with Gasteiger partial charge in [0.2, 0.25) is 0 Å². The van der Waals surface area contributed by atoms with Crippen molar-refractivity contribution in [1.82, 2.24) is 0 Å². The van der Waals surface area contributed by atoms with Crippen molar-refractivity contribution in [2.45, 2.75) is 137 Å². The van der Waals surface area contributed by atoms with Gasteiger partial charge in [-0.25, -0.2) is 0 Å². The van der Waals surface area contributed by atoms with Gasteiger partial charge >= 0.3 is 0 Å². The molecule has 0 spiro atoms. The molecule has 0 rings (SSSR count). The van der Waals surface area contributed by atoms with Crippen LogP contribution in [0.5, 0.6) is 0 Å². The van der Waals surface area contributed by atoms with Gasteiger partial charge in [-0.1, -0.05) is 137 Å². The fourth-order valence-corrected chi connectivity index (χ4v) is 0. The van der Waals surface area contributed by atoms with Gasteiger partial charge in [0, 0.05) is 0 Å². The SMILES string of the molecule is C=C.CC.CC.CC.CC.CC.CCC.CCC.CCC(C)C. The molecule has 0 aliphatic heterocycles. The van der Waals surface area contributed by atoms with Crippen molar-refractivity contribution < 1.29 is 0 Å². The molecule has 0 aliphatic carbocycles. The van der Waals surface area contributed by atoms with E-state index in [2.05, 4.69) is 61.6 Å². The number of rotatable bonds is 1. The van der Waals surface area contributed by atoms with Crippen LogP contribution in [0.15, 0.2) is 13.2 Å². The molecular formula is C23H62. The fraction of sp³-hybridized carbons (Fsp3) is 0.913. The zero-order valence-electron chi connectivity index (χ0n) is 21.1. The van der Waals surface area contributed by atoms with Crippen LogP contribution in [0.1, 0.15) is 137 Å². The zero-order chi connectivity index (χ0) is 21.7. The van der Waals surface area contributed by atoms with Gasteiger partial charge in [-0.3, -0.25) is 0 Å². The van der Waals surface area contributed by atoms with Gasteiger partial charge in [-0.15, -0.1) is 13.2 Å². The summed E-state index contributed by atoms with van der Waals surface area (Å²) in [5, 5.41) is 0. The normalized spacial score (nSPS) is 5.13. The predicted molar refractivity (Wildman–Crippen MR) is 125 cm³/mol. The number of hydrogen-bond acceptors (Lipinski definition) is 0. The molecule has 0 saturated carbocycles. The minimum absolute atomic E-state index is 0.884. The summed E-state index contributed by atoms with van der Waals surface area (Å²) in [5.74, 6) is 0.884. The van der Waals surface area contributed by atoms with Crippen molar-refractivity contribution in [3.63, 3.8) is 0 Å². The second kappa shape index (κ2) is 284. The Bertz CT molecular complexity index is 35.3. The molecule has 0 N–H and O–H groups in total. The van der Waals surface area contributed by atoms with Crippen molar-refractivity contribution in [3.8, 4) is 0 Å². The van der Waals surface area contributed by atoms with Gasteiger partial charge in [-0.2, -0.15) is 0 Å². The van der Waals surface area contributed by atoms with Gasteiger partial charge in [0.05, 0.1) is 0 Å². The Hall–Kier alpha value is -0.260. The maximum Gasteiger partial charge on any atom is -0.0474 e. The molecule has 0 radical (unpaired) electrons. The first-order valence-corrected chi connectivity index (χ1v) is 10.6. The van der Waals surface area contributed by atoms with Crippen LogP contribution < -0.4 is 0 Å². The highest BCUT2D eigenvalue weighted by Gasteiger charge is 1.80.